The maximum Gasteiger partial charge on any atom is 0.326 e. The summed E-state index contributed by atoms with van der Waals surface area (Å²) in [5.41, 5.74) is 0. The number of nitrogens with one attached hydrogen (secondary N) is 1. The van der Waals surface area contributed by atoms with Crippen LogP contribution in [0.2, 0.25) is 0 Å². The number of hydrogen-bond donors (Lipinski definition) is 3. The van der Waals surface area contributed by atoms with E-state index in [1.807, 2.05) is 0 Å². The molecule has 2 atom stereocenters. The van der Waals surface area contributed by atoms with Gasteiger partial charge < -0.3 is 25.3 Å². The number of carboxylic acids is 1. The molecule has 2 saturated heterocycles. The van der Waals surface area contributed by atoms with Crippen LogP contribution in [0.15, 0.2) is 0 Å². The first-order valence-electron chi connectivity index (χ1n) is 6.26. The van der Waals surface area contributed by atoms with E-state index < -0.39 is 18.1 Å². The van der Waals surface area contributed by atoms with Gasteiger partial charge in [0.2, 0.25) is 0 Å². The zero-order valence-electron chi connectivity index (χ0n) is 10.2. The van der Waals surface area contributed by atoms with Crippen LogP contribution in [0.25, 0.3) is 0 Å². The zero-order valence-corrected chi connectivity index (χ0v) is 10.2. The number of β-amino-alcohol motifs (C(OH)–C–C–N with tert-alkyl or cyclic N) is 1. The Morgan fingerprint density at radius 3 is 2.72 bits per heavy atom. The molecule has 0 aromatic rings. The van der Waals surface area contributed by atoms with E-state index in [0.29, 0.717) is 13.1 Å². The number of rotatable bonds is 1. The van der Waals surface area contributed by atoms with Gasteiger partial charge in [0.05, 0.1) is 6.10 Å². The molecule has 0 aromatic heterocycles. The molecule has 2 heterocycles. The van der Waals surface area contributed by atoms with Crippen LogP contribution < -0.4 is 5.32 Å². The molecular weight excluding hydrogens is 238 g/mol. The van der Waals surface area contributed by atoms with Crippen molar-refractivity contribution in [3.63, 3.8) is 0 Å². The summed E-state index contributed by atoms with van der Waals surface area (Å²) in [6.45, 7) is 2.91. The van der Waals surface area contributed by atoms with Crippen molar-refractivity contribution >= 4 is 12.0 Å². The molecule has 0 saturated carbocycles. The van der Waals surface area contributed by atoms with Crippen molar-refractivity contribution in [2.24, 2.45) is 0 Å². The van der Waals surface area contributed by atoms with E-state index in [-0.39, 0.29) is 19.0 Å². The summed E-state index contributed by atoms with van der Waals surface area (Å²) in [6.07, 6.45) is 0.243. The van der Waals surface area contributed by atoms with Crippen LogP contribution in [0.1, 0.15) is 12.8 Å². The lowest BCUT2D eigenvalue weighted by molar-refractivity contribution is -0.141. The predicted octanol–water partition coefficient (Wildman–Crippen LogP) is -1.08. The van der Waals surface area contributed by atoms with Gasteiger partial charge in [-0.15, -0.1) is 0 Å². The van der Waals surface area contributed by atoms with Gasteiger partial charge in [-0.05, 0) is 13.0 Å². The van der Waals surface area contributed by atoms with Crippen LogP contribution >= 0.6 is 0 Å². The Balaban J connectivity index is 2.04. The molecule has 3 N–H and O–H groups in total. The maximum absolute atomic E-state index is 12.3. The number of carbonyl (C=O) groups excluding carboxylic acids is 1. The van der Waals surface area contributed by atoms with Crippen LogP contribution in [0, 0.1) is 0 Å². The molecule has 0 radical (unpaired) electrons. The second-order valence-corrected chi connectivity index (χ2v) is 4.77. The highest BCUT2D eigenvalue weighted by Crippen LogP contribution is 2.20. The minimum absolute atomic E-state index is 0.111. The average molecular weight is 257 g/mol. The highest BCUT2D eigenvalue weighted by Gasteiger charge is 2.40. The summed E-state index contributed by atoms with van der Waals surface area (Å²) in [5.74, 6) is -1.05. The minimum Gasteiger partial charge on any atom is -0.480 e. The molecule has 2 aliphatic heterocycles. The van der Waals surface area contributed by atoms with Gasteiger partial charge in [-0.1, -0.05) is 0 Å². The standard InChI is InChI=1S/C11H19N3O4/c15-8-6-9(10(16)17)14(7-8)11(18)13-4-1-2-12-3-5-13/h8-9,12,15H,1-7H2,(H,16,17)/t8-,9-/m1/s1. The van der Waals surface area contributed by atoms with Crippen LogP contribution in [-0.2, 0) is 4.79 Å². The monoisotopic (exact) mass is 257 g/mol. The van der Waals surface area contributed by atoms with E-state index in [9.17, 15) is 14.7 Å². The van der Waals surface area contributed by atoms with Crippen molar-refractivity contribution in [2.45, 2.75) is 25.0 Å². The van der Waals surface area contributed by atoms with Crippen LogP contribution in [-0.4, -0.2) is 76.9 Å². The third kappa shape index (κ3) is 2.73. The summed E-state index contributed by atoms with van der Waals surface area (Å²) < 4.78 is 0. The average Bonchev–Trinajstić information content (AvgIpc) is 2.56. The second kappa shape index (κ2) is 5.53. The van der Waals surface area contributed by atoms with Gasteiger partial charge >= 0.3 is 12.0 Å². The number of aliphatic hydroxyl groups excluding tert-OH is 1. The molecule has 7 heteroatoms. The van der Waals surface area contributed by atoms with Crippen molar-refractivity contribution in [1.29, 1.82) is 0 Å². The van der Waals surface area contributed by atoms with E-state index >= 15 is 0 Å². The van der Waals surface area contributed by atoms with Gasteiger partial charge in [0.15, 0.2) is 0 Å². The molecule has 2 amide bonds. The Bertz CT molecular complexity index is 328. The fourth-order valence-electron chi connectivity index (χ4n) is 2.48. The number of carboxylic acid groups (broad SMARTS) is 1. The summed E-state index contributed by atoms with van der Waals surface area (Å²) >= 11 is 0. The Kier molecular flexibility index (Phi) is 4.03. The van der Waals surface area contributed by atoms with E-state index in [4.69, 9.17) is 5.11 Å². The van der Waals surface area contributed by atoms with Gasteiger partial charge in [-0.2, -0.15) is 0 Å². The molecule has 2 fully saturated rings. The molecule has 0 spiro atoms. The molecule has 0 bridgehead atoms. The molecule has 0 aliphatic carbocycles. The normalized spacial score (nSPS) is 29.2. The van der Waals surface area contributed by atoms with Crippen molar-refractivity contribution in [2.75, 3.05) is 32.7 Å². The molecule has 2 rings (SSSR count). The lowest BCUT2D eigenvalue weighted by Crippen LogP contribution is -2.49. The van der Waals surface area contributed by atoms with Crippen molar-refractivity contribution in [1.82, 2.24) is 15.1 Å². The Labute approximate surface area is 105 Å². The first-order valence-corrected chi connectivity index (χ1v) is 6.26. The topological polar surface area (TPSA) is 93.1 Å². The molecular formula is C11H19N3O4. The van der Waals surface area contributed by atoms with Crippen LogP contribution in [0.4, 0.5) is 4.79 Å². The largest absolute Gasteiger partial charge is 0.480 e. The molecule has 7 nitrogen and oxygen atoms in total. The van der Waals surface area contributed by atoms with Gasteiger partial charge in [-0.3, -0.25) is 0 Å². The van der Waals surface area contributed by atoms with E-state index in [0.717, 1.165) is 19.5 Å². The van der Waals surface area contributed by atoms with Crippen molar-refractivity contribution < 1.29 is 19.8 Å². The van der Waals surface area contributed by atoms with Gasteiger partial charge in [-0.25, -0.2) is 9.59 Å². The molecule has 0 aromatic carbocycles. The smallest absolute Gasteiger partial charge is 0.326 e. The van der Waals surface area contributed by atoms with Gasteiger partial charge in [0.25, 0.3) is 0 Å². The maximum atomic E-state index is 12.3. The molecule has 102 valence electrons. The SMILES string of the molecule is O=C(O)[C@H]1C[C@@H](O)CN1C(=O)N1CCCNCC1. The number of hydrogen-bond acceptors (Lipinski definition) is 4. The number of amides is 2. The van der Waals surface area contributed by atoms with Crippen molar-refractivity contribution in [3.8, 4) is 0 Å². The number of carbonyl (C=O) groups is 2. The highest BCUT2D eigenvalue weighted by molar-refractivity contribution is 5.83. The lowest BCUT2D eigenvalue weighted by Gasteiger charge is -2.29. The number of nitrogens with zero attached hydrogens (tertiary/aromatic N) is 2. The summed E-state index contributed by atoms with van der Waals surface area (Å²) in [5, 5.41) is 21.8. The predicted molar refractivity (Wildman–Crippen MR) is 63.2 cm³/mol. The fraction of sp³-hybridized carbons (Fsp3) is 0.818. The number of aliphatic hydroxyl groups is 1. The first-order chi connectivity index (χ1) is 8.59. The van der Waals surface area contributed by atoms with E-state index in [2.05, 4.69) is 5.32 Å². The highest BCUT2D eigenvalue weighted by atomic mass is 16.4. The summed E-state index contributed by atoms with van der Waals surface area (Å²) in [6, 6.07) is -1.17. The Hall–Kier alpha value is -1.34. The number of urea groups is 1. The Morgan fingerprint density at radius 2 is 2.00 bits per heavy atom. The third-order valence-electron chi connectivity index (χ3n) is 3.42. The van der Waals surface area contributed by atoms with Gasteiger partial charge in [0.1, 0.15) is 6.04 Å². The quantitative estimate of drug-likeness (QED) is 0.556. The van der Waals surface area contributed by atoms with E-state index in [1.165, 1.54) is 4.90 Å². The summed E-state index contributed by atoms with van der Waals surface area (Å²) in [7, 11) is 0. The minimum atomic E-state index is -1.05. The van der Waals surface area contributed by atoms with Gasteiger partial charge in [0, 0.05) is 32.6 Å². The number of likely N-dealkylation sites (tertiary alicyclic amines) is 1. The van der Waals surface area contributed by atoms with Crippen LogP contribution in [0.5, 0.6) is 0 Å². The summed E-state index contributed by atoms with van der Waals surface area (Å²) in [4.78, 5) is 26.3. The fourth-order valence-corrected chi connectivity index (χ4v) is 2.48. The second-order valence-electron chi connectivity index (χ2n) is 4.77. The third-order valence-corrected chi connectivity index (χ3v) is 3.42. The lowest BCUT2D eigenvalue weighted by atomic mass is 10.2. The van der Waals surface area contributed by atoms with Crippen molar-refractivity contribution in [3.05, 3.63) is 0 Å². The molecule has 18 heavy (non-hydrogen) atoms. The molecule has 2 aliphatic rings. The molecule has 0 unspecified atom stereocenters. The first kappa shape index (κ1) is 13.1. The zero-order chi connectivity index (χ0) is 13.1. The van der Waals surface area contributed by atoms with Crippen LogP contribution in [0.3, 0.4) is 0 Å². The Morgan fingerprint density at radius 1 is 1.22 bits per heavy atom. The number of aliphatic carboxylic acids is 1. The van der Waals surface area contributed by atoms with E-state index in [1.54, 1.807) is 4.90 Å².